The highest BCUT2D eigenvalue weighted by Gasteiger charge is 2.15. The van der Waals surface area contributed by atoms with Crippen molar-refractivity contribution in [1.29, 1.82) is 0 Å². The molecule has 1 heterocycles. The van der Waals surface area contributed by atoms with Crippen molar-refractivity contribution in [3.05, 3.63) is 57.3 Å². The first-order valence-corrected chi connectivity index (χ1v) is 5.47. The van der Waals surface area contributed by atoms with Crippen molar-refractivity contribution >= 4 is 5.82 Å². The summed E-state index contributed by atoms with van der Waals surface area (Å²) in [6.45, 7) is 2.26. The summed E-state index contributed by atoms with van der Waals surface area (Å²) in [7, 11) is 0. The van der Waals surface area contributed by atoms with Crippen LogP contribution in [0.25, 0.3) is 0 Å². The van der Waals surface area contributed by atoms with Crippen LogP contribution in [0, 0.1) is 17.0 Å². The molecule has 0 unspecified atom stereocenters. The van der Waals surface area contributed by atoms with Gasteiger partial charge in [-0.2, -0.15) is 4.68 Å². The van der Waals surface area contributed by atoms with Gasteiger partial charge in [-0.25, -0.2) is 0 Å². The van der Waals surface area contributed by atoms with Gasteiger partial charge in [-0.15, -0.1) is 0 Å². The number of rotatable bonds is 4. The second-order valence-electron chi connectivity index (χ2n) is 4.03. The van der Waals surface area contributed by atoms with E-state index in [0.29, 0.717) is 6.54 Å². The highest BCUT2D eigenvalue weighted by atomic mass is 16.6. The molecule has 0 saturated carbocycles. The van der Waals surface area contributed by atoms with Crippen LogP contribution in [-0.2, 0) is 13.2 Å². The van der Waals surface area contributed by atoms with Crippen molar-refractivity contribution in [3.63, 3.8) is 0 Å². The summed E-state index contributed by atoms with van der Waals surface area (Å²) in [4.78, 5) is 10.1. The van der Waals surface area contributed by atoms with E-state index >= 15 is 0 Å². The fraction of sp³-hybridized carbons (Fsp3) is 0.250. The third-order valence-electron chi connectivity index (χ3n) is 2.69. The van der Waals surface area contributed by atoms with Crippen LogP contribution in [-0.4, -0.2) is 19.8 Å². The summed E-state index contributed by atoms with van der Waals surface area (Å²) < 4.78 is 1.59. The van der Waals surface area contributed by atoms with Crippen LogP contribution in [0.1, 0.15) is 16.8 Å². The Morgan fingerprint density at radius 3 is 2.44 bits per heavy atom. The first-order chi connectivity index (χ1) is 8.60. The molecule has 2 rings (SSSR count). The molecule has 6 heteroatoms. The molecule has 0 fully saturated rings. The summed E-state index contributed by atoms with van der Waals surface area (Å²) >= 11 is 0. The van der Waals surface area contributed by atoms with Crippen molar-refractivity contribution in [2.24, 2.45) is 0 Å². The Hall–Kier alpha value is -2.21. The van der Waals surface area contributed by atoms with Crippen LogP contribution in [0.4, 0.5) is 5.82 Å². The predicted molar refractivity (Wildman–Crippen MR) is 65.1 cm³/mol. The summed E-state index contributed by atoms with van der Waals surface area (Å²) in [6.07, 6.45) is 0. The molecule has 0 spiro atoms. The Balaban J connectivity index is 2.19. The predicted octanol–water partition coefficient (Wildman–Crippen LogP) is 1.64. The fourth-order valence-corrected chi connectivity index (χ4v) is 1.67. The minimum Gasteiger partial charge on any atom is -0.392 e. The number of benzene rings is 1. The molecule has 0 aliphatic heterocycles. The maximum Gasteiger partial charge on any atom is 0.390 e. The van der Waals surface area contributed by atoms with Gasteiger partial charge in [-0.3, -0.25) is 0 Å². The quantitative estimate of drug-likeness (QED) is 0.657. The SMILES string of the molecule is Cc1cc([N+](=O)[O-])nn1Cc1ccc(CO)cc1. The lowest BCUT2D eigenvalue weighted by atomic mass is 10.1. The highest BCUT2D eigenvalue weighted by Crippen LogP contribution is 2.13. The summed E-state index contributed by atoms with van der Waals surface area (Å²) in [6, 6.07) is 8.84. The van der Waals surface area contributed by atoms with E-state index in [-0.39, 0.29) is 12.4 Å². The molecule has 0 aliphatic rings. The molecule has 0 amide bonds. The molecule has 1 aromatic heterocycles. The van der Waals surface area contributed by atoms with Crippen molar-refractivity contribution in [1.82, 2.24) is 9.78 Å². The van der Waals surface area contributed by atoms with Crippen molar-refractivity contribution in [2.45, 2.75) is 20.1 Å². The van der Waals surface area contributed by atoms with Gasteiger partial charge in [0.05, 0.1) is 30.0 Å². The van der Waals surface area contributed by atoms with Gasteiger partial charge in [0.1, 0.15) is 0 Å². The number of nitrogens with zero attached hydrogens (tertiary/aromatic N) is 3. The first-order valence-electron chi connectivity index (χ1n) is 5.47. The molecular weight excluding hydrogens is 234 g/mol. The Bertz CT molecular complexity index is 560. The molecule has 0 aliphatic carbocycles. The highest BCUT2D eigenvalue weighted by molar-refractivity contribution is 5.25. The van der Waals surface area contributed by atoms with Gasteiger partial charge in [0.2, 0.25) is 0 Å². The van der Waals surface area contributed by atoms with E-state index in [1.165, 1.54) is 6.07 Å². The van der Waals surface area contributed by atoms with Crippen LogP contribution in [0.15, 0.2) is 30.3 Å². The molecule has 0 radical (unpaired) electrons. The number of aliphatic hydroxyl groups is 1. The van der Waals surface area contributed by atoms with E-state index in [2.05, 4.69) is 5.10 Å². The average Bonchev–Trinajstić information content (AvgIpc) is 2.72. The Morgan fingerprint density at radius 2 is 1.94 bits per heavy atom. The molecule has 1 aromatic carbocycles. The van der Waals surface area contributed by atoms with Crippen LogP contribution >= 0.6 is 0 Å². The average molecular weight is 247 g/mol. The number of nitro groups is 1. The molecule has 0 saturated heterocycles. The second kappa shape index (κ2) is 4.97. The van der Waals surface area contributed by atoms with Gasteiger partial charge in [-0.05, 0) is 23.0 Å². The minimum absolute atomic E-state index is 0.00650. The standard InChI is InChI=1S/C12H13N3O3/c1-9-6-12(15(17)18)13-14(9)7-10-2-4-11(8-16)5-3-10/h2-6,16H,7-8H2,1H3. The number of aromatic nitrogens is 2. The lowest BCUT2D eigenvalue weighted by Crippen LogP contribution is -2.04. The topological polar surface area (TPSA) is 81.2 Å². The van der Waals surface area contributed by atoms with E-state index in [1.807, 2.05) is 24.3 Å². The van der Waals surface area contributed by atoms with E-state index < -0.39 is 4.92 Å². The van der Waals surface area contributed by atoms with Crippen LogP contribution in [0.5, 0.6) is 0 Å². The third-order valence-corrected chi connectivity index (χ3v) is 2.69. The molecule has 1 N–H and O–H groups in total. The summed E-state index contributed by atoms with van der Waals surface area (Å²) in [5.74, 6) is -0.139. The van der Waals surface area contributed by atoms with Gasteiger partial charge < -0.3 is 15.2 Å². The van der Waals surface area contributed by atoms with Crippen molar-refractivity contribution in [2.75, 3.05) is 0 Å². The molecule has 94 valence electrons. The van der Waals surface area contributed by atoms with E-state index in [9.17, 15) is 10.1 Å². The van der Waals surface area contributed by atoms with E-state index in [0.717, 1.165) is 16.8 Å². The van der Waals surface area contributed by atoms with E-state index in [4.69, 9.17) is 5.11 Å². The lowest BCUT2D eigenvalue weighted by Gasteiger charge is -2.01. The van der Waals surface area contributed by atoms with Gasteiger partial charge in [-0.1, -0.05) is 24.3 Å². The van der Waals surface area contributed by atoms with Gasteiger partial charge >= 0.3 is 5.82 Å². The first kappa shape index (κ1) is 12.3. The minimum atomic E-state index is -0.502. The largest absolute Gasteiger partial charge is 0.392 e. The van der Waals surface area contributed by atoms with Gasteiger partial charge in [0.15, 0.2) is 0 Å². The number of aliphatic hydroxyl groups excluding tert-OH is 1. The smallest absolute Gasteiger partial charge is 0.390 e. The molecular formula is C12H13N3O3. The molecule has 0 bridgehead atoms. The summed E-state index contributed by atoms with van der Waals surface area (Å²) in [5, 5.41) is 23.5. The molecule has 0 atom stereocenters. The maximum atomic E-state index is 10.6. The molecule has 2 aromatic rings. The number of hydrogen-bond acceptors (Lipinski definition) is 4. The van der Waals surface area contributed by atoms with Crippen LogP contribution in [0.2, 0.25) is 0 Å². The second-order valence-corrected chi connectivity index (χ2v) is 4.03. The molecule has 6 nitrogen and oxygen atoms in total. The lowest BCUT2D eigenvalue weighted by molar-refractivity contribution is -0.389. The Labute approximate surface area is 104 Å². The van der Waals surface area contributed by atoms with E-state index in [1.54, 1.807) is 11.6 Å². The Kier molecular flexibility index (Phi) is 3.38. The zero-order chi connectivity index (χ0) is 13.1. The van der Waals surface area contributed by atoms with Crippen molar-refractivity contribution < 1.29 is 10.0 Å². The maximum absolute atomic E-state index is 10.6. The van der Waals surface area contributed by atoms with Crippen molar-refractivity contribution in [3.8, 4) is 0 Å². The van der Waals surface area contributed by atoms with Crippen LogP contribution in [0.3, 0.4) is 0 Å². The third kappa shape index (κ3) is 2.54. The molecule has 18 heavy (non-hydrogen) atoms. The van der Waals surface area contributed by atoms with Gasteiger partial charge in [0.25, 0.3) is 0 Å². The monoisotopic (exact) mass is 247 g/mol. The normalized spacial score (nSPS) is 10.6. The zero-order valence-electron chi connectivity index (χ0n) is 9.91. The van der Waals surface area contributed by atoms with Crippen LogP contribution < -0.4 is 0 Å². The Morgan fingerprint density at radius 1 is 1.33 bits per heavy atom. The van der Waals surface area contributed by atoms with Gasteiger partial charge in [0, 0.05) is 0 Å². The number of hydrogen-bond donors (Lipinski definition) is 1. The zero-order valence-corrected chi connectivity index (χ0v) is 9.91. The fourth-order valence-electron chi connectivity index (χ4n) is 1.67. The summed E-state index contributed by atoms with van der Waals surface area (Å²) in [5.41, 5.74) is 2.56. The number of aryl methyl sites for hydroxylation is 1.